The highest BCUT2D eigenvalue weighted by molar-refractivity contribution is 5.77. The molecule has 0 saturated heterocycles. The van der Waals surface area contributed by atoms with Crippen LogP contribution in [0.4, 0.5) is 0 Å². The highest BCUT2D eigenvalue weighted by atomic mass is 16.2. The van der Waals surface area contributed by atoms with Crippen molar-refractivity contribution in [2.75, 3.05) is 34.2 Å². The fourth-order valence-corrected chi connectivity index (χ4v) is 0.833. The van der Waals surface area contributed by atoms with E-state index in [9.17, 15) is 4.79 Å². The number of carbonyl (C=O) groups excluding carboxylic acids is 1. The van der Waals surface area contributed by atoms with Gasteiger partial charge >= 0.3 is 0 Å². The summed E-state index contributed by atoms with van der Waals surface area (Å²) < 4.78 is 0. The van der Waals surface area contributed by atoms with E-state index >= 15 is 0 Å². The maximum atomic E-state index is 11.1. The Balaban J connectivity index is 3.57. The van der Waals surface area contributed by atoms with Gasteiger partial charge in [0.25, 0.3) is 0 Å². The normalized spacial score (nSPS) is 10.3. The van der Waals surface area contributed by atoms with E-state index in [1.54, 1.807) is 19.0 Å². The first kappa shape index (κ1) is 10.4. The molecule has 0 radical (unpaired) electrons. The highest BCUT2D eigenvalue weighted by Crippen LogP contribution is 1.88. The van der Waals surface area contributed by atoms with E-state index in [0.29, 0.717) is 6.54 Å². The van der Waals surface area contributed by atoms with Crippen LogP contribution in [0, 0.1) is 0 Å². The molecule has 0 aliphatic heterocycles. The van der Waals surface area contributed by atoms with Crippen LogP contribution in [0.3, 0.4) is 0 Å². The van der Waals surface area contributed by atoms with Crippen LogP contribution in [-0.2, 0) is 4.79 Å². The van der Waals surface area contributed by atoms with Crippen molar-refractivity contribution in [2.45, 2.75) is 13.3 Å². The van der Waals surface area contributed by atoms with E-state index in [2.05, 4.69) is 6.92 Å². The second kappa shape index (κ2) is 5.13. The predicted octanol–water partition coefficient (Wildman–Crippen LogP) is 0.416. The van der Waals surface area contributed by atoms with Gasteiger partial charge in [-0.2, -0.15) is 0 Å². The summed E-state index contributed by atoms with van der Waals surface area (Å²) in [6, 6.07) is 0. The molecular formula is C8H18N2O. The van der Waals surface area contributed by atoms with Crippen LogP contribution in [0.2, 0.25) is 0 Å². The number of amides is 1. The summed E-state index contributed by atoms with van der Waals surface area (Å²) in [7, 11) is 5.52. The van der Waals surface area contributed by atoms with E-state index in [1.165, 1.54) is 0 Å². The maximum absolute atomic E-state index is 11.1. The molecule has 0 unspecified atom stereocenters. The lowest BCUT2D eigenvalue weighted by Crippen LogP contribution is -2.34. The molecule has 0 aromatic heterocycles. The SMILES string of the molecule is CCCN(C)CC(=O)N(C)C. The van der Waals surface area contributed by atoms with Crippen LogP contribution in [0.5, 0.6) is 0 Å². The quantitative estimate of drug-likeness (QED) is 0.592. The molecule has 66 valence electrons. The molecule has 0 atom stereocenters. The van der Waals surface area contributed by atoms with Crippen molar-refractivity contribution in [3.05, 3.63) is 0 Å². The lowest BCUT2D eigenvalue weighted by molar-refractivity contribution is -0.129. The first-order valence-electron chi connectivity index (χ1n) is 3.96. The van der Waals surface area contributed by atoms with Gasteiger partial charge in [0, 0.05) is 14.1 Å². The van der Waals surface area contributed by atoms with Gasteiger partial charge in [0.1, 0.15) is 0 Å². The number of likely N-dealkylation sites (N-methyl/N-ethyl adjacent to an activating group) is 2. The van der Waals surface area contributed by atoms with Gasteiger partial charge in [0.05, 0.1) is 6.54 Å². The Labute approximate surface area is 69.0 Å². The first-order valence-corrected chi connectivity index (χ1v) is 3.96. The Morgan fingerprint density at radius 2 is 1.82 bits per heavy atom. The lowest BCUT2D eigenvalue weighted by Gasteiger charge is -2.17. The Hall–Kier alpha value is -0.570. The monoisotopic (exact) mass is 158 g/mol. The van der Waals surface area contributed by atoms with Gasteiger partial charge in [-0.1, -0.05) is 6.92 Å². The van der Waals surface area contributed by atoms with Gasteiger partial charge in [-0.15, -0.1) is 0 Å². The topological polar surface area (TPSA) is 23.6 Å². The van der Waals surface area contributed by atoms with Crippen LogP contribution in [-0.4, -0.2) is 49.9 Å². The minimum atomic E-state index is 0.168. The third kappa shape index (κ3) is 4.79. The lowest BCUT2D eigenvalue weighted by atomic mass is 10.4. The predicted molar refractivity (Wildman–Crippen MR) is 46.5 cm³/mol. The Morgan fingerprint density at radius 1 is 1.27 bits per heavy atom. The molecule has 3 heteroatoms. The van der Waals surface area contributed by atoms with Crippen LogP contribution in [0.15, 0.2) is 0 Å². The molecule has 11 heavy (non-hydrogen) atoms. The molecule has 0 aromatic rings. The number of carbonyl (C=O) groups is 1. The minimum Gasteiger partial charge on any atom is -0.348 e. The standard InChI is InChI=1S/C8H18N2O/c1-5-6-10(4)7-8(11)9(2)3/h5-7H2,1-4H3. The molecule has 0 heterocycles. The second-order valence-corrected chi connectivity index (χ2v) is 3.03. The molecule has 0 aliphatic carbocycles. The average molecular weight is 158 g/mol. The summed E-state index contributed by atoms with van der Waals surface area (Å²) in [6.07, 6.45) is 1.09. The summed E-state index contributed by atoms with van der Waals surface area (Å²) >= 11 is 0. The number of hydrogen-bond acceptors (Lipinski definition) is 2. The zero-order valence-electron chi connectivity index (χ0n) is 7.92. The fraction of sp³-hybridized carbons (Fsp3) is 0.875. The third-order valence-electron chi connectivity index (χ3n) is 1.51. The van der Waals surface area contributed by atoms with E-state index in [-0.39, 0.29) is 5.91 Å². The molecule has 0 fully saturated rings. The molecule has 0 rings (SSSR count). The van der Waals surface area contributed by atoms with Crippen molar-refractivity contribution in [3.8, 4) is 0 Å². The second-order valence-electron chi connectivity index (χ2n) is 3.03. The third-order valence-corrected chi connectivity index (χ3v) is 1.51. The molecule has 3 nitrogen and oxygen atoms in total. The average Bonchev–Trinajstić information content (AvgIpc) is 1.87. The molecular weight excluding hydrogens is 140 g/mol. The van der Waals surface area contributed by atoms with Crippen molar-refractivity contribution < 1.29 is 4.79 Å². The van der Waals surface area contributed by atoms with Crippen molar-refractivity contribution in [1.82, 2.24) is 9.80 Å². The zero-order valence-corrected chi connectivity index (χ0v) is 7.92. The van der Waals surface area contributed by atoms with Crippen molar-refractivity contribution in [1.29, 1.82) is 0 Å². The zero-order chi connectivity index (χ0) is 8.85. The molecule has 0 saturated carbocycles. The van der Waals surface area contributed by atoms with Crippen LogP contribution in [0.1, 0.15) is 13.3 Å². The van der Waals surface area contributed by atoms with E-state index in [0.717, 1.165) is 13.0 Å². The molecule has 0 aliphatic rings. The van der Waals surface area contributed by atoms with E-state index in [4.69, 9.17) is 0 Å². The molecule has 0 N–H and O–H groups in total. The van der Waals surface area contributed by atoms with Crippen LogP contribution >= 0.6 is 0 Å². The summed E-state index contributed by atoms with van der Waals surface area (Å²) in [5.41, 5.74) is 0. The molecule has 0 spiro atoms. The summed E-state index contributed by atoms with van der Waals surface area (Å²) in [5.74, 6) is 0.168. The van der Waals surface area contributed by atoms with Crippen LogP contribution in [0.25, 0.3) is 0 Å². The van der Waals surface area contributed by atoms with Gasteiger partial charge < -0.3 is 4.90 Å². The number of rotatable bonds is 4. The van der Waals surface area contributed by atoms with Crippen molar-refractivity contribution in [3.63, 3.8) is 0 Å². The summed E-state index contributed by atoms with van der Waals surface area (Å²) in [6.45, 7) is 3.62. The summed E-state index contributed by atoms with van der Waals surface area (Å²) in [4.78, 5) is 14.8. The van der Waals surface area contributed by atoms with Gasteiger partial charge in [-0.05, 0) is 20.0 Å². The first-order chi connectivity index (χ1) is 5.07. The Morgan fingerprint density at radius 3 is 2.18 bits per heavy atom. The van der Waals surface area contributed by atoms with Crippen molar-refractivity contribution >= 4 is 5.91 Å². The Kier molecular flexibility index (Phi) is 4.86. The van der Waals surface area contributed by atoms with E-state index < -0.39 is 0 Å². The number of hydrogen-bond donors (Lipinski definition) is 0. The van der Waals surface area contributed by atoms with Gasteiger partial charge in [-0.25, -0.2) is 0 Å². The number of nitrogens with zero attached hydrogens (tertiary/aromatic N) is 2. The molecule has 0 aromatic carbocycles. The van der Waals surface area contributed by atoms with Gasteiger partial charge in [-0.3, -0.25) is 9.69 Å². The fourth-order valence-electron chi connectivity index (χ4n) is 0.833. The molecule has 1 amide bonds. The van der Waals surface area contributed by atoms with E-state index in [1.807, 2.05) is 11.9 Å². The van der Waals surface area contributed by atoms with Gasteiger partial charge in [0.2, 0.25) is 5.91 Å². The summed E-state index contributed by atoms with van der Waals surface area (Å²) in [5, 5.41) is 0. The van der Waals surface area contributed by atoms with Crippen molar-refractivity contribution in [2.24, 2.45) is 0 Å². The van der Waals surface area contributed by atoms with Crippen LogP contribution < -0.4 is 0 Å². The largest absolute Gasteiger partial charge is 0.348 e. The highest BCUT2D eigenvalue weighted by Gasteiger charge is 2.06. The minimum absolute atomic E-state index is 0.168. The maximum Gasteiger partial charge on any atom is 0.236 e. The smallest absolute Gasteiger partial charge is 0.236 e. The van der Waals surface area contributed by atoms with Gasteiger partial charge in [0.15, 0.2) is 0 Å². The Bertz CT molecular complexity index is 123. The molecule has 0 bridgehead atoms.